The van der Waals surface area contributed by atoms with E-state index < -0.39 is 0 Å². The van der Waals surface area contributed by atoms with Gasteiger partial charge in [-0.3, -0.25) is 0 Å². The number of nitrogens with one attached hydrogen (secondary N) is 1. The van der Waals surface area contributed by atoms with Gasteiger partial charge in [-0.25, -0.2) is 4.39 Å². The highest BCUT2D eigenvalue weighted by molar-refractivity contribution is 5.54. The van der Waals surface area contributed by atoms with Gasteiger partial charge >= 0.3 is 0 Å². The topological polar surface area (TPSA) is 35.5 Å². The second-order valence-electron chi connectivity index (χ2n) is 4.74. The molecule has 1 aliphatic heterocycles. The lowest BCUT2D eigenvalue weighted by atomic mass is 10.0. The minimum Gasteiger partial charge on any atom is -0.393 e. The number of halogens is 1. The van der Waals surface area contributed by atoms with Crippen LogP contribution in [0.1, 0.15) is 25.3 Å². The van der Waals surface area contributed by atoms with Gasteiger partial charge in [-0.1, -0.05) is 13.0 Å². The zero-order chi connectivity index (χ0) is 13.0. The summed E-state index contributed by atoms with van der Waals surface area (Å²) in [5.41, 5.74) is 1.69. The predicted molar refractivity (Wildman–Crippen MR) is 71.2 cm³/mol. The zero-order valence-electron chi connectivity index (χ0n) is 10.8. The van der Waals surface area contributed by atoms with Crippen molar-refractivity contribution in [1.82, 2.24) is 5.32 Å². The van der Waals surface area contributed by atoms with Crippen LogP contribution in [0.2, 0.25) is 0 Å². The quantitative estimate of drug-likeness (QED) is 0.859. The van der Waals surface area contributed by atoms with Crippen molar-refractivity contribution in [1.29, 1.82) is 0 Å². The van der Waals surface area contributed by atoms with Crippen molar-refractivity contribution in [3.8, 4) is 0 Å². The number of aliphatic hydroxyl groups is 1. The SMILES string of the molecule is CCNCc1c(F)cccc1N1CCC(O)CC1. The van der Waals surface area contributed by atoms with Gasteiger partial charge in [-0.15, -0.1) is 0 Å². The first-order valence-corrected chi connectivity index (χ1v) is 6.63. The Balaban J connectivity index is 2.18. The van der Waals surface area contributed by atoms with Crippen LogP contribution in [0.4, 0.5) is 10.1 Å². The van der Waals surface area contributed by atoms with Crippen LogP contribution in [-0.4, -0.2) is 30.8 Å². The normalized spacial score (nSPS) is 17.2. The van der Waals surface area contributed by atoms with E-state index in [9.17, 15) is 9.50 Å². The Kier molecular flexibility index (Phi) is 4.55. The summed E-state index contributed by atoms with van der Waals surface area (Å²) in [6.07, 6.45) is 1.32. The van der Waals surface area contributed by atoms with Crippen LogP contribution in [0.5, 0.6) is 0 Å². The van der Waals surface area contributed by atoms with Gasteiger partial charge in [0, 0.05) is 30.9 Å². The average molecular weight is 252 g/mol. The van der Waals surface area contributed by atoms with E-state index in [-0.39, 0.29) is 11.9 Å². The second-order valence-corrected chi connectivity index (χ2v) is 4.74. The van der Waals surface area contributed by atoms with Crippen molar-refractivity contribution in [2.75, 3.05) is 24.5 Å². The third-order valence-electron chi connectivity index (χ3n) is 3.45. The number of hydrogen-bond donors (Lipinski definition) is 2. The first-order chi connectivity index (χ1) is 8.72. The van der Waals surface area contributed by atoms with Crippen molar-refractivity contribution in [3.05, 3.63) is 29.6 Å². The minimum absolute atomic E-state index is 0.153. The standard InChI is InChI=1S/C14H21FN2O/c1-2-16-10-12-13(15)4-3-5-14(12)17-8-6-11(18)7-9-17/h3-5,11,16,18H,2,6-10H2,1H3. The molecule has 0 bridgehead atoms. The number of anilines is 1. The second kappa shape index (κ2) is 6.16. The van der Waals surface area contributed by atoms with E-state index >= 15 is 0 Å². The summed E-state index contributed by atoms with van der Waals surface area (Å²) in [7, 11) is 0. The van der Waals surface area contributed by atoms with Gasteiger partial charge in [0.1, 0.15) is 5.82 Å². The van der Waals surface area contributed by atoms with Crippen LogP contribution in [0, 0.1) is 5.82 Å². The Labute approximate surface area is 108 Å². The van der Waals surface area contributed by atoms with Crippen molar-refractivity contribution in [2.45, 2.75) is 32.4 Å². The zero-order valence-corrected chi connectivity index (χ0v) is 10.8. The Hall–Kier alpha value is -1.13. The number of piperidine rings is 1. The molecule has 1 aromatic rings. The molecule has 2 N–H and O–H groups in total. The molecular weight excluding hydrogens is 231 g/mol. The molecule has 0 unspecified atom stereocenters. The fourth-order valence-electron chi connectivity index (χ4n) is 2.38. The minimum atomic E-state index is -0.202. The summed E-state index contributed by atoms with van der Waals surface area (Å²) >= 11 is 0. The van der Waals surface area contributed by atoms with E-state index in [0.29, 0.717) is 6.54 Å². The summed E-state index contributed by atoms with van der Waals surface area (Å²) in [6, 6.07) is 5.23. The molecule has 0 amide bonds. The summed E-state index contributed by atoms with van der Waals surface area (Å²) in [5.74, 6) is -0.153. The van der Waals surface area contributed by atoms with Crippen molar-refractivity contribution < 1.29 is 9.50 Å². The van der Waals surface area contributed by atoms with Crippen LogP contribution in [-0.2, 0) is 6.54 Å². The summed E-state index contributed by atoms with van der Waals surface area (Å²) in [4.78, 5) is 2.17. The monoisotopic (exact) mass is 252 g/mol. The van der Waals surface area contributed by atoms with Gasteiger partial charge in [0.25, 0.3) is 0 Å². The summed E-state index contributed by atoms with van der Waals surface area (Å²) in [5, 5.41) is 12.7. The number of benzene rings is 1. The lowest BCUT2D eigenvalue weighted by molar-refractivity contribution is 0.145. The molecule has 18 heavy (non-hydrogen) atoms. The highest BCUT2D eigenvalue weighted by Crippen LogP contribution is 2.26. The van der Waals surface area contributed by atoms with Gasteiger partial charge < -0.3 is 15.3 Å². The molecule has 3 nitrogen and oxygen atoms in total. The fraction of sp³-hybridized carbons (Fsp3) is 0.571. The lowest BCUT2D eigenvalue weighted by Gasteiger charge is -2.33. The van der Waals surface area contributed by atoms with Gasteiger partial charge in [-0.2, -0.15) is 0 Å². The van der Waals surface area contributed by atoms with Crippen molar-refractivity contribution in [2.24, 2.45) is 0 Å². The number of hydrogen-bond acceptors (Lipinski definition) is 3. The molecule has 4 heteroatoms. The van der Waals surface area contributed by atoms with E-state index in [1.54, 1.807) is 6.07 Å². The summed E-state index contributed by atoms with van der Waals surface area (Å²) < 4.78 is 13.9. The highest BCUT2D eigenvalue weighted by atomic mass is 19.1. The predicted octanol–water partition coefficient (Wildman–Crippen LogP) is 1.90. The first-order valence-electron chi connectivity index (χ1n) is 6.63. The molecule has 0 spiro atoms. The molecule has 0 aliphatic carbocycles. The molecular formula is C14H21FN2O. The Morgan fingerprint density at radius 3 is 2.78 bits per heavy atom. The van der Waals surface area contributed by atoms with E-state index in [1.165, 1.54) is 6.07 Å². The largest absolute Gasteiger partial charge is 0.393 e. The number of aliphatic hydroxyl groups excluding tert-OH is 1. The molecule has 2 rings (SSSR count). The smallest absolute Gasteiger partial charge is 0.129 e. The molecule has 0 aromatic heterocycles. The van der Waals surface area contributed by atoms with E-state index in [4.69, 9.17) is 0 Å². The molecule has 0 radical (unpaired) electrons. The molecule has 100 valence electrons. The van der Waals surface area contributed by atoms with E-state index in [1.807, 2.05) is 13.0 Å². The highest BCUT2D eigenvalue weighted by Gasteiger charge is 2.20. The number of nitrogens with zero attached hydrogens (tertiary/aromatic N) is 1. The summed E-state index contributed by atoms with van der Waals surface area (Å²) in [6.45, 7) is 4.98. The van der Waals surface area contributed by atoms with Crippen LogP contribution in [0.3, 0.4) is 0 Å². The average Bonchev–Trinajstić information content (AvgIpc) is 2.38. The number of rotatable bonds is 4. The van der Waals surface area contributed by atoms with E-state index in [2.05, 4.69) is 10.2 Å². The van der Waals surface area contributed by atoms with Crippen LogP contribution >= 0.6 is 0 Å². The Morgan fingerprint density at radius 2 is 2.11 bits per heavy atom. The van der Waals surface area contributed by atoms with Gasteiger partial charge in [-0.05, 0) is 31.5 Å². The molecule has 0 atom stereocenters. The molecule has 1 saturated heterocycles. The van der Waals surface area contributed by atoms with Gasteiger partial charge in [0.15, 0.2) is 0 Å². The van der Waals surface area contributed by atoms with Crippen molar-refractivity contribution in [3.63, 3.8) is 0 Å². The van der Waals surface area contributed by atoms with Crippen molar-refractivity contribution >= 4 is 5.69 Å². The molecule has 1 fully saturated rings. The molecule has 0 saturated carbocycles. The Bertz CT molecular complexity index is 389. The first kappa shape index (κ1) is 13.3. The van der Waals surface area contributed by atoms with Gasteiger partial charge in [0.2, 0.25) is 0 Å². The third-order valence-corrected chi connectivity index (χ3v) is 3.45. The van der Waals surface area contributed by atoms with Crippen LogP contribution < -0.4 is 10.2 Å². The third kappa shape index (κ3) is 3.00. The molecule has 1 heterocycles. The molecule has 1 aromatic carbocycles. The van der Waals surface area contributed by atoms with Crippen LogP contribution in [0.25, 0.3) is 0 Å². The fourth-order valence-corrected chi connectivity index (χ4v) is 2.38. The Morgan fingerprint density at radius 1 is 1.39 bits per heavy atom. The maximum absolute atomic E-state index is 13.9. The molecule has 1 aliphatic rings. The maximum atomic E-state index is 13.9. The lowest BCUT2D eigenvalue weighted by Crippen LogP contribution is -2.36. The van der Waals surface area contributed by atoms with Gasteiger partial charge in [0.05, 0.1) is 6.10 Å². The maximum Gasteiger partial charge on any atom is 0.129 e. The van der Waals surface area contributed by atoms with E-state index in [0.717, 1.165) is 43.7 Å². The van der Waals surface area contributed by atoms with Crippen LogP contribution in [0.15, 0.2) is 18.2 Å².